The Bertz CT molecular complexity index is 679. The number of ether oxygens (including phenoxy) is 2. The van der Waals surface area contributed by atoms with Gasteiger partial charge in [-0.25, -0.2) is 4.98 Å². The van der Waals surface area contributed by atoms with E-state index < -0.39 is 0 Å². The van der Waals surface area contributed by atoms with Crippen molar-refractivity contribution in [1.29, 1.82) is 0 Å². The van der Waals surface area contributed by atoms with Crippen LogP contribution in [0, 0.1) is 5.92 Å². The molecule has 0 saturated carbocycles. The van der Waals surface area contributed by atoms with E-state index in [1.54, 1.807) is 26.6 Å². The van der Waals surface area contributed by atoms with Gasteiger partial charge >= 0.3 is 0 Å². The van der Waals surface area contributed by atoms with Gasteiger partial charge in [0.15, 0.2) is 0 Å². The van der Waals surface area contributed by atoms with Crippen LogP contribution >= 0.6 is 0 Å². The molecule has 0 spiro atoms. The summed E-state index contributed by atoms with van der Waals surface area (Å²) < 4.78 is 10.6. The van der Waals surface area contributed by atoms with E-state index in [1.807, 2.05) is 6.07 Å². The van der Waals surface area contributed by atoms with Crippen LogP contribution in [0.2, 0.25) is 0 Å². The summed E-state index contributed by atoms with van der Waals surface area (Å²) in [5.74, 6) is 1.38. The zero-order valence-electron chi connectivity index (χ0n) is 14.7. The fourth-order valence-electron chi connectivity index (χ4n) is 3.50. The van der Waals surface area contributed by atoms with Crippen LogP contribution in [0.25, 0.3) is 11.0 Å². The predicted octanol–water partition coefficient (Wildman–Crippen LogP) is 2.09. The van der Waals surface area contributed by atoms with Crippen molar-refractivity contribution < 1.29 is 9.47 Å². The second-order valence-electron chi connectivity index (χ2n) is 6.43. The van der Waals surface area contributed by atoms with Gasteiger partial charge < -0.3 is 19.7 Å². The number of benzene rings is 1. The first-order valence-electron chi connectivity index (χ1n) is 8.48. The molecule has 2 atom stereocenters. The van der Waals surface area contributed by atoms with Gasteiger partial charge in [0.25, 0.3) is 0 Å². The van der Waals surface area contributed by atoms with E-state index in [0.717, 1.165) is 48.7 Å². The first-order valence-corrected chi connectivity index (χ1v) is 8.48. The van der Waals surface area contributed by atoms with Crippen molar-refractivity contribution in [3.63, 3.8) is 0 Å². The highest BCUT2D eigenvalue weighted by atomic mass is 16.5. The van der Waals surface area contributed by atoms with Crippen LogP contribution in [0.3, 0.4) is 0 Å². The third kappa shape index (κ3) is 3.60. The number of rotatable bonds is 6. The molecular formula is C18H26N4O2. The Kier molecular flexibility index (Phi) is 5.48. The van der Waals surface area contributed by atoms with Crippen LogP contribution in [0.15, 0.2) is 24.5 Å². The molecule has 1 aliphatic heterocycles. The fraction of sp³-hybridized carbons (Fsp3) is 0.556. The third-order valence-electron chi connectivity index (χ3n) is 4.53. The summed E-state index contributed by atoms with van der Waals surface area (Å²) >= 11 is 0. The van der Waals surface area contributed by atoms with Gasteiger partial charge in [0.05, 0.1) is 19.4 Å². The SMILES string of the molecule is COCCN[C@@H]1C[C@H](C)CN(c2ccc(OC)c3nccnc23)C1. The van der Waals surface area contributed by atoms with E-state index in [2.05, 4.69) is 33.2 Å². The first-order chi connectivity index (χ1) is 11.7. The topological polar surface area (TPSA) is 59.5 Å². The van der Waals surface area contributed by atoms with Crippen LogP contribution in [0.5, 0.6) is 5.75 Å². The van der Waals surface area contributed by atoms with E-state index in [4.69, 9.17) is 9.47 Å². The first kappa shape index (κ1) is 16.9. The van der Waals surface area contributed by atoms with Gasteiger partial charge in [-0.15, -0.1) is 0 Å². The largest absolute Gasteiger partial charge is 0.494 e. The van der Waals surface area contributed by atoms with Gasteiger partial charge in [-0.1, -0.05) is 6.92 Å². The van der Waals surface area contributed by atoms with Crippen molar-refractivity contribution in [2.45, 2.75) is 19.4 Å². The number of aromatic nitrogens is 2. The molecule has 0 bridgehead atoms. The molecule has 3 rings (SSSR count). The highest BCUT2D eigenvalue weighted by Crippen LogP contribution is 2.32. The molecule has 1 fully saturated rings. The number of nitrogens with zero attached hydrogens (tertiary/aromatic N) is 3. The van der Waals surface area contributed by atoms with Crippen LogP contribution in [0.1, 0.15) is 13.3 Å². The fourth-order valence-corrected chi connectivity index (χ4v) is 3.50. The molecule has 1 aromatic carbocycles. The van der Waals surface area contributed by atoms with E-state index in [9.17, 15) is 0 Å². The second-order valence-corrected chi connectivity index (χ2v) is 6.43. The number of anilines is 1. The summed E-state index contributed by atoms with van der Waals surface area (Å²) in [5.41, 5.74) is 2.85. The van der Waals surface area contributed by atoms with Crippen molar-refractivity contribution in [3.05, 3.63) is 24.5 Å². The van der Waals surface area contributed by atoms with Crippen LogP contribution in [-0.4, -0.2) is 56.5 Å². The van der Waals surface area contributed by atoms with E-state index in [1.165, 1.54) is 6.42 Å². The van der Waals surface area contributed by atoms with Crippen molar-refractivity contribution >= 4 is 16.7 Å². The standard InChI is InChI=1S/C18H26N4O2/c1-13-10-14(19-8-9-23-2)12-22(11-13)15-4-5-16(24-3)18-17(15)20-6-7-21-18/h4-7,13-14,19H,8-12H2,1-3H3/t13-,14+/m0/s1. The van der Waals surface area contributed by atoms with Gasteiger partial charge in [-0.2, -0.15) is 0 Å². The number of fused-ring (bicyclic) bond motifs is 1. The average molecular weight is 330 g/mol. The molecular weight excluding hydrogens is 304 g/mol. The van der Waals surface area contributed by atoms with E-state index in [0.29, 0.717) is 12.0 Å². The van der Waals surface area contributed by atoms with Crippen molar-refractivity contribution in [2.75, 3.05) is 45.4 Å². The predicted molar refractivity (Wildman–Crippen MR) is 95.8 cm³/mol. The molecule has 6 heteroatoms. The Morgan fingerprint density at radius 3 is 2.71 bits per heavy atom. The van der Waals surface area contributed by atoms with Gasteiger partial charge in [0.2, 0.25) is 0 Å². The molecule has 0 aliphatic carbocycles. The molecule has 2 aromatic rings. The van der Waals surface area contributed by atoms with Crippen LogP contribution < -0.4 is 15.0 Å². The van der Waals surface area contributed by atoms with Crippen molar-refractivity contribution in [2.24, 2.45) is 5.92 Å². The quantitative estimate of drug-likeness (QED) is 0.819. The minimum atomic E-state index is 0.456. The lowest BCUT2D eigenvalue weighted by Crippen LogP contribution is -2.49. The molecule has 1 saturated heterocycles. The summed E-state index contributed by atoms with van der Waals surface area (Å²) in [7, 11) is 3.40. The molecule has 0 amide bonds. The Labute approximate surface area is 143 Å². The maximum atomic E-state index is 5.43. The summed E-state index contributed by atoms with van der Waals surface area (Å²) in [6.07, 6.45) is 4.63. The Hall–Kier alpha value is -1.92. The Morgan fingerprint density at radius 1 is 1.17 bits per heavy atom. The number of hydrogen-bond acceptors (Lipinski definition) is 6. The molecule has 0 unspecified atom stereocenters. The third-order valence-corrected chi connectivity index (χ3v) is 4.53. The molecule has 1 aliphatic rings. The van der Waals surface area contributed by atoms with Gasteiger partial charge in [0, 0.05) is 45.2 Å². The summed E-state index contributed by atoms with van der Waals surface area (Å²) in [6.45, 7) is 5.91. The van der Waals surface area contributed by atoms with Crippen LogP contribution in [-0.2, 0) is 4.74 Å². The number of nitrogens with one attached hydrogen (secondary N) is 1. The second kappa shape index (κ2) is 7.77. The van der Waals surface area contributed by atoms with Crippen molar-refractivity contribution in [3.8, 4) is 5.75 Å². The smallest absolute Gasteiger partial charge is 0.146 e. The monoisotopic (exact) mass is 330 g/mol. The molecule has 6 nitrogen and oxygen atoms in total. The Balaban J connectivity index is 1.86. The summed E-state index contributed by atoms with van der Waals surface area (Å²) in [5, 5.41) is 3.60. The molecule has 2 heterocycles. The van der Waals surface area contributed by atoms with Crippen molar-refractivity contribution in [1.82, 2.24) is 15.3 Å². The minimum absolute atomic E-state index is 0.456. The molecule has 0 radical (unpaired) electrons. The molecule has 130 valence electrons. The molecule has 1 aromatic heterocycles. The highest BCUT2D eigenvalue weighted by molar-refractivity contribution is 5.92. The number of hydrogen-bond donors (Lipinski definition) is 1. The maximum absolute atomic E-state index is 5.43. The maximum Gasteiger partial charge on any atom is 0.146 e. The van der Waals surface area contributed by atoms with Crippen LogP contribution in [0.4, 0.5) is 5.69 Å². The van der Waals surface area contributed by atoms with E-state index in [-0.39, 0.29) is 0 Å². The number of methoxy groups -OCH3 is 2. The summed E-state index contributed by atoms with van der Waals surface area (Å²) in [4.78, 5) is 11.4. The van der Waals surface area contributed by atoms with Gasteiger partial charge in [-0.05, 0) is 24.5 Å². The zero-order chi connectivity index (χ0) is 16.9. The normalized spacial score (nSPS) is 21.2. The molecule has 24 heavy (non-hydrogen) atoms. The summed E-state index contributed by atoms with van der Waals surface area (Å²) in [6, 6.07) is 4.54. The molecule has 1 N–H and O–H groups in total. The zero-order valence-corrected chi connectivity index (χ0v) is 14.7. The average Bonchev–Trinajstić information content (AvgIpc) is 2.60. The highest BCUT2D eigenvalue weighted by Gasteiger charge is 2.26. The lowest BCUT2D eigenvalue weighted by Gasteiger charge is -2.38. The minimum Gasteiger partial charge on any atom is -0.494 e. The van der Waals surface area contributed by atoms with Gasteiger partial charge in [0.1, 0.15) is 16.8 Å². The number of piperidine rings is 1. The Morgan fingerprint density at radius 2 is 1.96 bits per heavy atom. The lowest BCUT2D eigenvalue weighted by atomic mass is 9.95. The van der Waals surface area contributed by atoms with Gasteiger partial charge in [-0.3, -0.25) is 4.98 Å². The van der Waals surface area contributed by atoms with E-state index >= 15 is 0 Å². The lowest BCUT2D eigenvalue weighted by molar-refractivity contribution is 0.192.